The summed E-state index contributed by atoms with van der Waals surface area (Å²) in [4.78, 5) is 31.1. The summed E-state index contributed by atoms with van der Waals surface area (Å²) >= 11 is 11.6. The number of fused-ring (bicyclic) bond motifs is 5. The number of carbonyl (C=O) groups is 2. The molecule has 2 unspecified atom stereocenters. The Kier molecular flexibility index (Phi) is 4.41. The molecule has 3 amide bonds. The highest BCUT2D eigenvalue weighted by atomic mass is 35.5. The number of piperazine rings is 1. The average Bonchev–Trinajstić information content (AvgIpc) is 3.34. The monoisotopic (exact) mass is 413 g/mol. The summed E-state index contributed by atoms with van der Waals surface area (Å²) in [7, 11) is 0. The number of carbonyl (C=O) groups excluding carboxylic acids is 2. The van der Waals surface area contributed by atoms with Gasteiger partial charge in [-0.2, -0.15) is 5.26 Å². The van der Waals surface area contributed by atoms with Crippen molar-refractivity contribution in [1.29, 1.82) is 5.26 Å². The summed E-state index contributed by atoms with van der Waals surface area (Å²) in [5.74, 6) is 2.18. The first-order chi connectivity index (χ1) is 13.4. The molecule has 3 saturated heterocycles. The highest BCUT2D eigenvalue weighted by Gasteiger charge is 2.62. The van der Waals surface area contributed by atoms with Crippen LogP contribution in [0, 0.1) is 30.6 Å². The van der Waals surface area contributed by atoms with Crippen LogP contribution >= 0.6 is 23.8 Å². The average molecular weight is 414 g/mol. The van der Waals surface area contributed by atoms with Gasteiger partial charge in [-0.25, -0.2) is 9.69 Å². The van der Waals surface area contributed by atoms with Crippen LogP contribution in [0.15, 0.2) is 12.1 Å². The van der Waals surface area contributed by atoms with Gasteiger partial charge in [-0.05, 0) is 43.3 Å². The lowest BCUT2D eigenvalue weighted by atomic mass is 10.1. The number of halogens is 1. The molecule has 0 saturated carbocycles. The van der Waals surface area contributed by atoms with E-state index in [2.05, 4.69) is 11.2 Å². The fourth-order valence-corrected chi connectivity index (χ4v) is 4.83. The molecule has 3 atom stereocenters. The van der Waals surface area contributed by atoms with Gasteiger partial charge in [0.05, 0.1) is 34.9 Å². The molecule has 1 aromatic rings. The van der Waals surface area contributed by atoms with E-state index in [4.69, 9.17) is 35.5 Å². The zero-order valence-corrected chi connectivity index (χ0v) is 16.5. The minimum absolute atomic E-state index is 0.0869. The fourth-order valence-electron chi connectivity index (χ4n) is 4.34. The second-order valence-electron chi connectivity index (χ2n) is 6.96. The van der Waals surface area contributed by atoms with Crippen LogP contribution in [0.2, 0.25) is 5.02 Å². The molecule has 1 aromatic carbocycles. The van der Waals surface area contributed by atoms with Crippen LogP contribution in [-0.4, -0.2) is 58.1 Å². The molecule has 3 fully saturated rings. The van der Waals surface area contributed by atoms with Crippen LogP contribution in [0.25, 0.3) is 0 Å². The minimum atomic E-state index is -0.592. The molecule has 0 aromatic heterocycles. The van der Waals surface area contributed by atoms with Crippen LogP contribution in [0.4, 0.5) is 10.5 Å². The van der Waals surface area contributed by atoms with Crippen molar-refractivity contribution in [3.05, 3.63) is 28.3 Å². The van der Waals surface area contributed by atoms with E-state index >= 15 is 0 Å². The Morgan fingerprint density at radius 1 is 1.46 bits per heavy atom. The van der Waals surface area contributed by atoms with Gasteiger partial charge in [0.1, 0.15) is 12.1 Å². The van der Waals surface area contributed by atoms with Gasteiger partial charge in [0.25, 0.3) is 5.91 Å². The van der Waals surface area contributed by atoms with Crippen LogP contribution < -0.4 is 10.2 Å². The first-order valence-corrected chi connectivity index (χ1v) is 9.52. The number of rotatable bonds is 2. The number of benzene rings is 1. The molecule has 0 radical (unpaired) electrons. The van der Waals surface area contributed by atoms with Crippen LogP contribution in [0.1, 0.15) is 17.5 Å². The number of terminal acetylenes is 1. The van der Waals surface area contributed by atoms with E-state index in [9.17, 15) is 9.59 Å². The highest BCUT2D eigenvalue weighted by Crippen LogP contribution is 2.43. The van der Waals surface area contributed by atoms with Crippen LogP contribution in [-0.2, 0) is 4.79 Å². The van der Waals surface area contributed by atoms with Crippen molar-refractivity contribution in [3.8, 4) is 18.4 Å². The van der Waals surface area contributed by atoms with Crippen molar-refractivity contribution >= 4 is 46.6 Å². The number of hydrogen-bond acceptors (Lipinski definition) is 4. The van der Waals surface area contributed by atoms with E-state index in [-0.39, 0.29) is 29.0 Å². The lowest BCUT2D eigenvalue weighted by molar-refractivity contribution is -0.120. The second kappa shape index (κ2) is 6.66. The molecular formula is C19H16ClN5O2S. The molecule has 2 bridgehead atoms. The van der Waals surface area contributed by atoms with Gasteiger partial charge in [0.2, 0.25) is 0 Å². The third-order valence-corrected chi connectivity index (χ3v) is 6.45. The molecule has 3 aliphatic heterocycles. The summed E-state index contributed by atoms with van der Waals surface area (Å²) in [6.45, 7) is 2.57. The van der Waals surface area contributed by atoms with Gasteiger partial charge in [-0.3, -0.25) is 4.79 Å². The van der Waals surface area contributed by atoms with Gasteiger partial charge < -0.3 is 15.1 Å². The number of nitrogens with zero attached hydrogens (tertiary/aromatic N) is 4. The number of nitrogens with one attached hydrogen (secondary N) is 1. The normalized spacial score (nSPS) is 25.0. The van der Waals surface area contributed by atoms with E-state index in [0.29, 0.717) is 41.4 Å². The van der Waals surface area contributed by atoms with Gasteiger partial charge in [-0.1, -0.05) is 17.5 Å². The van der Waals surface area contributed by atoms with Crippen LogP contribution in [0.5, 0.6) is 0 Å². The van der Waals surface area contributed by atoms with E-state index in [0.717, 1.165) is 0 Å². The lowest BCUT2D eigenvalue weighted by Gasteiger charge is -2.36. The van der Waals surface area contributed by atoms with E-state index in [1.165, 1.54) is 11.0 Å². The molecule has 7 nitrogen and oxygen atoms in total. The van der Waals surface area contributed by atoms with Gasteiger partial charge in [0.15, 0.2) is 5.11 Å². The third-order valence-electron chi connectivity index (χ3n) is 5.59. The van der Waals surface area contributed by atoms with E-state index in [1.54, 1.807) is 17.9 Å². The Labute approximate surface area is 172 Å². The Hall–Kier alpha value is -2.81. The van der Waals surface area contributed by atoms with Gasteiger partial charge in [-0.15, -0.1) is 6.42 Å². The number of urea groups is 1. The zero-order chi connectivity index (χ0) is 20.2. The smallest absolute Gasteiger partial charge is 0.332 e. The topological polar surface area (TPSA) is 79.7 Å². The number of likely N-dealkylation sites (tertiary alicyclic amines) is 1. The van der Waals surface area contributed by atoms with Crippen molar-refractivity contribution in [3.63, 3.8) is 0 Å². The maximum atomic E-state index is 13.2. The molecular weight excluding hydrogens is 398 g/mol. The molecule has 0 aliphatic carbocycles. The number of amides is 3. The number of nitriles is 1. The van der Waals surface area contributed by atoms with Crippen molar-refractivity contribution in [1.82, 2.24) is 15.1 Å². The number of thiocarbonyl (C=S) groups is 1. The van der Waals surface area contributed by atoms with E-state index < -0.39 is 6.04 Å². The van der Waals surface area contributed by atoms with Crippen molar-refractivity contribution in [2.45, 2.75) is 31.5 Å². The van der Waals surface area contributed by atoms with Crippen molar-refractivity contribution in [2.24, 2.45) is 0 Å². The van der Waals surface area contributed by atoms with Gasteiger partial charge in [0, 0.05) is 6.54 Å². The molecule has 0 spiro atoms. The van der Waals surface area contributed by atoms with Gasteiger partial charge >= 0.3 is 6.03 Å². The Balaban J connectivity index is 1.65. The Morgan fingerprint density at radius 3 is 2.89 bits per heavy atom. The maximum absolute atomic E-state index is 13.2. The predicted octanol–water partition coefficient (Wildman–Crippen LogP) is 1.62. The molecule has 1 N–H and O–H groups in total. The SMILES string of the molecule is C#CCNC(=S)N1CC2CC1[C@@H]1C(=O)N(c3ccc(C#N)c(Cl)c3C)C(=O)N21. The summed E-state index contributed by atoms with van der Waals surface area (Å²) < 4.78 is 0. The van der Waals surface area contributed by atoms with Crippen molar-refractivity contribution in [2.75, 3.05) is 18.0 Å². The standard InChI is InChI=1S/C19H16ClN5O2S/c1-3-6-22-18(28)23-9-12-7-14(23)16-17(26)25(19(27)24(12)16)13-5-4-11(8-21)15(20)10(13)2/h1,4-5,12,14,16H,6-7,9H2,2H3,(H,22,28)/t12?,14?,16-/m1/s1. The predicted molar refractivity (Wildman–Crippen MR) is 108 cm³/mol. The first kappa shape index (κ1) is 18.5. The largest absolute Gasteiger partial charge is 0.352 e. The molecule has 3 aliphatic rings. The molecule has 28 heavy (non-hydrogen) atoms. The summed E-state index contributed by atoms with van der Waals surface area (Å²) in [6, 6.07) is 3.90. The summed E-state index contributed by atoms with van der Waals surface area (Å²) in [5.41, 5.74) is 1.24. The molecule has 3 heterocycles. The second-order valence-corrected chi connectivity index (χ2v) is 7.73. The zero-order valence-electron chi connectivity index (χ0n) is 15.0. The number of hydrogen-bond donors (Lipinski definition) is 1. The molecule has 9 heteroatoms. The van der Waals surface area contributed by atoms with E-state index in [1.807, 2.05) is 11.0 Å². The molecule has 142 valence electrons. The van der Waals surface area contributed by atoms with Crippen LogP contribution in [0.3, 0.4) is 0 Å². The molecule has 4 rings (SSSR count). The number of imide groups is 1. The Morgan fingerprint density at radius 2 is 2.21 bits per heavy atom. The summed E-state index contributed by atoms with van der Waals surface area (Å²) in [5, 5.41) is 12.9. The van der Waals surface area contributed by atoms with Crippen molar-refractivity contribution < 1.29 is 9.59 Å². The minimum Gasteiger partial charge on any atom is -0.352 e. The quantitative estimate of drug-likeness (QED) is 0.451. The first-order valence-electron chi connectivity index (χ1n) is 8.74. The Bertz CT molecular complexity index is 997. The summed E-state index contributed by atoms with van der Waals surface area (Å²) in [6.07, 6.45) is 5.97. The fraction of sp³-hybridized carbons (Fsp3) is 0.368. The lowest BCUT2D eigenvalue weighted by Crippen LogP contribution is -2.56. The third kappa shape index (κ3) is 2.46. The highest BCUT2D eigenvalue weighted by molar-refractivity contribution is 7.80. The maximum Gasteiger partial charge on any atom is 0.332 e. The number of anilines is 1.